The van der Waals surface area contributed by atoms with E-state index in [1.165, 1.54) is 28.6 Å². The largest absolute Gasteiger partial charge is 0.486 e. The van der Waals surface area contributed by atoms with Gasteiger partial charge in [0.1, 0.15) is 13.2 Å². The highest BCUT2D eigenvalue weighted by molar-refractivity contribution is 7.89. The van der Waals surface area contributed by atoms with Crippen LogP contribution in [0, 0.1) is 0 Å². The summed E-state index contributed by atoms with van der Waals surface area (Å²) < 4.78 is 44.0. The summed E-state index contributed by atoms with van der Waals surface area (Å²) in [5.41, 5.74) is 1.18. The zero-order chi connectivity index (χ0) is 24.3. The molecular formula is C24H26N4O6S. The topological polar surface area (TPSA) is 124 Å². The maximum atomic E-state index is 12.9. The highest BCUT2D eigenvalue weighted by Gasteiger charge is 2.25. The molecule has 0 aliphatic carbocycles. The number of carbonyl (C=O) groups excluding carboxylic acids is 1. The molecule has 1 saturated heterocycles. The predicted octanol–water partition coefficient (Wildman–Crippen LogP) is 3.25. The first kappa shape index (κ1) is 23.3. The van der Waals surface area contributed by atoms with Crippen LogP contribution in [-0.4, -0.2) is 55.1 Å². The van der Waals surface area contributed by atoms with Gasteiger partial charge in [0.05, 0.1) is 11.3 Å². The minimum atomic E-state index is -3.58. The Morgan fingerprint density at radius 3 is 2.37 bits per heavy atom. The highest BCUT2D eigenvalue weighted by Crippen LogP contribution is 2.31. The molecule has 0 radical (unpaired) electrons. The molecule has 10 nitrogen and oxygen atoms in total. The predicted molar refractivity (Wildman–Crippen MR) is 126 cm³/mol. The first-order valence-electron chi connectivity index (χ1n) is 11.6. The van der Waals surface area contributed by atoms with Crippen molar-refractivity contribution in [1.29, 1.82) is 0 Å². The van der Waals surface area contributed by atoms with E-state index in [0.717, 1.165) is 31.2 Å². The zero-order valence-corrected chi connectivity index (χ0v) is 19.9. The summed E-state index contributed by atoms with van der Waals surface area (Å²) in [6, 6.07) is 11.4. The van der Waals surface area contributed by atoms with Gasteiger partial charge in [-0.15, -0.1) is 5.10 Å². The van der Waals surface area contributed by atoms with E-state index >= 15 is 0 Å². The van der Waals surface area contributed by atoms with Crippen LogP contribution in [0.3, 0.4) is 0 Å². The van der Waals surface area contributed by atoms with Crippen molar-refractivity contribution in [3.63, 3.8) is 0 Å². The van der Waals surface area contributed by atoms with Crippen molar-refractivity contribution in [1.82, 2.24) is 14.5 Å². The molecule has 0 bridgehead atoms. The van der Waals surface area contributed by atoms with E-state index in [1.54, 1.807) is 0 Å². The molecule has 5 rings (SSSR count). The Balaban J connectivity index is 1.22. The Morgan fingerprint density at radius 2 is 1.63 bits per heavy atom. The molecule has 2 aromatic carbocycles. The molecule has 0 atom stereocenters. The third-order valence-corrected chi connectivity index (χ3v) is 7.88. The van der Waals surface area contributed by atoms with Crippen LogP contribution in [0.1, 0.15) is 47.5 Å². The fraction of sp³-hybridized carbons (Fsp3) is 0.375. The molecule has 3 aromatic rings. The first-order valence-corrected chi connectivity index (χ1v) is 13.1. The fourth-order valence-corrected chi connectivity index (χ4v) is 5.64. The van der Waals surface area contributed by atoms with Crippen molar-refractivity contribution in [2.75, 3.05) is 31.6 Å². The van der Waals surface area contributed by atoms with Gasteiger partial charge in [-0.05, 0) is 54.8 Å². The fourth-order valence-electron chi connectivity index (χ4n) is 4.13. The lowest BCUT2D eigenvalue weighted by molar-refractivity contribution is 0.102. The van der Waals surface area contributed by atoms with Crippen molar-refractivity contribution in [3.8, 4) is 11.5 Å². The second-order valence-electron chi connectivity index (χ2n) is 8.45. The second-order valence-corrected chi connectivity index (χ2v) is 10.4. The van der Waals surface area contributed by atoms with Gasteiger partial charge in [-0.25, -0.2) is 8.42 Å². The van der Waals surface area contributed by atoms with Gasteiger partial charge < -0.3 is 13.9 Å². The second kappa shape index (κ2) is 10.0. The number of anilines is 1. The number of hydrogen-bond donors (Lipinski definition) is 1. The normalized spacial score (nSPS) is 16.5. The van der Waals surface area contributed by atoms with Gasteiger partial charge in [0.15, 0.2) is 11.5 Å². The van der Waals surface area contributed by atoms with Crippen LogP contribution in [0.2, 0.25) is 0 Å². The van der Waals surface area contributed by atoms with E-state index in [-0.39, 0.29) is 16.5 Å². The Labute approximate surface area is 203 Å². The van der Waals surface area contributed by atoms with E-state index in [4.69, 9.17) is 13.9 Å². The number of nitrogens with zero attached hydrogens (tertiary/aromatic N) is 3. The molecule has 1 N–H and O–H groups in total. The molecule has 2 aliphatic rings. The van der Waals surface area contributed by atoms with Crippen LogP contribution >= 0.6 is 0 Å². The number of hydrogen-bond acceptors (Lipinski definition) is 8. The van der Waals surface area contributed by atoms with Crippen LogP contribution in [0.25, 0.3) is 0 Å². The number of fused-ring (bicyclic) bond motifs is 1. The summed E-state index contributed by atoms with van der Waals surface area (Å²) in [6.07, 6.45) is 4.17. The van der Waals surface area contributed by atoms with Crippen LogP contribution in [0.15, 0.2) is 51.8 Å². The zero-order valence-electron chi connectivity index (χ0n) is 19.1. The number of carbonyl (C=O) groups is 1. The van der Waals surface area contributed by atoms with Crippen molar-refractivity contribution >= 4 is 21.9 Å². The number of rotatable bonds is 6. The lowest BCUT2D eigenvalue weighted by Gasteiger charge is -2.19. The number of nitrogens with one attached hydrogen (secondary N) is 1. The Hall–Kier alpha value is -3.44. The number of aromatic nitrogens is 2. The Kier molecular flexibility index (Phi) is 6.69. The van der Waals surface area contributed by atoms with Crippen molar-refractivity contribution in [3.05, 3.63) is 59.5 Å². The van der Waals surface area contributed by atoms with E-state index in [1.807, 2.05) is 18.2 Å². The average molecular weight is 499 g/mol. The highest BCUT2D eigenvalue weighted by atomic mass is 32.2. The molecule has 2 aliphatic heterocycles. The van der Waals surface area contributed by atoms with Crippen molar-refractivity contribution in [2.45, 2.75) is 37.0 Å². The van der Waals surface area contributed by atoms with Gasteiger partial charge >= 0.3 is 6.01 Å². The Bertz CT molecular complexity index is 1300. The molecule has 0 saturated carbocycles. The standard InChI is InChI=1S/C24H26N4O6S/c29-23(18-6-8-19(9-7-18)35(30,31)28-11-3-1-2-4-12-28)25-24-27-26-22(34-24)16-17-5-10-20-21(15-17)33-14-13-32-20/h5-10,15H,1-4,11-14,16H2,(H,25,27,29). The summed E-state index contributed by atoms with van der Waals surface area (Å²) in [5.74, 6) is 1.22. The van der Waals surface area contributed by atoms with Gasteiger partial charge in [-0.2, -0.15) is 4.31 Å². The summed E-state index contributed by atoms with van der Waals surface area (Å²) >= 11 is 0. The van der Waals surface area contributed by atoms with Crippen LogP contribution in [-0.2, 0) is 16.4 Å². The minimum absolute atomic E-state index is 0.0381. The summed E-state index contributed by atoms with van der Waals surface area (Å²) in [6.45, 7) is 2.07. The van der Waals surface area contributed by atoms with Crippen LogP contribution < -0.4 is 14.8 Å². The van der Waals surface area contributed by atoms with E-state index in [9.17, 15) is 13.2 Å². The smallest absolute Gasteiger partial charge is 0.322 e. The molecule has 1 amide bonds. The number of ether oxygens (including phenoxy) is 2. The SMILES string of the molecule is O=C(Nc1nnc(Cc2ccc3c(c2)OCCO3)o1)c1ccc(S(=O)(=O)N2CCCCCC2)cc1. The van der Waals surface area contributed by atoms with Crippen LogP contribution in [0.5, 0.6) is 11.5 Å². The molecule has 1 aromatic heterocycles. The van der Waals surface area contributed by atoms with Gasteiger partial charge in [0.2, 0.25) is 15.9 Å². The molecule has 184 valence electrons. The molecule has 1 fully saturated rings. The van der Waals surface area contributed by atoms with Gasteiger partial charge in [-0.3, -0.25) is 10.1 Å². The van der Waals surface area contributed by atoms with E-state index in [0.29, 0.717) is 50.1 Å². The third-order valence-electron chi connectivity index (χ3n) is 5.97. The molecule has 11 heteroatoms. The maximum absolute atomic E-state index is 12.9. The number of sulfonamides is 1. The van der Waals surface area contributed by atoms with E-state index < -0.39 is 15.9 Å². The molecule has 3 heterocycles. The van der Waals surface area contributed by atoms with Crippen molar-refractivity contribution in [2.24, 2.45) is 0 Å². The van der Waals surface area contributed by atoms with Gasteiger partial charge in [0.25, 0.3) is 5.91 Å². The summed E-state index contributed by atoms with van der Waals surface area (Å²) in [4.78, 5) is 12.8. The van der Waals surface area contributed by atoms with E-state index in [2.05, 4.69) is 15.5 Å². The lowest BCUT2D eigenvalue weighted by atomic mass is 10.1. The summed E-state index contributed by atoms with van der Waals surface area (Å²) in [7, 11) is -3.58. The Morgan fingerprint density at radius 1 is 0.914 bits per heavy atom. The molecule has 0 unspecified atom stereocenters. The van der Waals surface area contributed by atoms with Crippen LogP contribution in [0.4, 0.5) is 6.01 Å². The average Bonchev–Trinajstić information content (AvgIpc) is 3.12. The molecular weight excluding hydrogens is 472 g/mol. The third kappa shape index (κ3) is 5.30. The maximum Gasteiger partial charge on any atom is 0.322 e. The van der Waals surface area contributed by atoms with Gasteiger partial charge in [-0.1, -0.05) is 24.0 Å². The minimum Gasteiger partial charge on any atom is -0.486 e. The van der Waals surface area contributed by atoms with Crippen molar-refractivity contribution < 1.29 is 27.1 Å². The quantitative estimate of drug-likeness (QED) is 0.549. The lowest BCUT2D eigenvalue weighted by Crippen LogP contribution is -2.31. The monoisotopic (exact) mass is 498 g/mol. The number of amides is 1. The number of benzene rings is 2. The molecule has 35 heavy (non-hydrogen) atoms. The first-order chi connectivity index (χ1) is 17.0. The molecule has 0 spiro atoms. The summed E-state index contributed by atoms with van der Waals surface area (Å²) in [5, 5.41) is 10.4. The van der Waals surface area contributed by atoms with Gasteiger partial charge in [0, 0.05) is 18.7 Å².